The number of ketones is 1. The van der Waals surface area contributed by atoms with Crippen molar-refractivity contribution in [3.8, 4) is 0 Å². The van der Waals surface area contributed by atoms with Crippen molar-refractivity contribution < 1.29 is 24.6 Å². The van der Waals surface area contributed by atoms with Crippen LogP contribution in [0.1, 0.15) is 53.9 Å². The molecule has 7 nitrogen and oxygen atoms in total. The molecule has 7 heteroatoms. The van der Waals surface area contributed by atoms with E-state index in [-0.39, 0.29) is 30.6 Å². The van der Waals surface area contributed by atoms with Gasteiger partial charge in [-0.1, -0.05) is 20.8 Å². The number of aliphatic hydroxyl groups is 1. The van der Waals surface area contributed by atoms with Crippen LogP contribution in [0.5, 0.6) is 0 Å². The van der Waals surface area contributed by atoms with E-state index in [2.05, 4.69) is 10.6 Å². The molecule has 0 aliphatic heterocycles. The van der Waals surface area contributed by atoms with E-state index in [1.54, 1.807) is 13.8 Å². The summed E-state index contributed by atoms with van der Waals surface area (Å²) in [5, 5.41) is 24.2. The normalized spacial score (nSPS) is 16.5. The topological polar surface area (TPSA) is 116 Å². The predicted octanol–water partition coefficient (Wildman–Crippen LogP) is 0.699. The van der Waals surface area contributed by atoms with Gasteiger partial charge in [-0.2, -0.15) is 0 Å². The summed E-state index contributed by atoms with van der Waals surface area (Å²) >= 11 is 0. The molecule has 0 rings (SSSR count). The van der Waals surface area contributed by atoms with Crippen LogP contribution in [0, 0.1) is 5.92 Å². The molecule has 4 N–H and O–H groups in total. The van der Waals surface area contributed by atoms with Crippen LogP contribution < -0.4 is 10.6 Å². The minimum Gasteiger partial charge on any atom is -0.481 e. The highest BCUT2D eigenvalue weighted by atomic mass is 16.4. The molecule has 0 aromatic heterocycles. The maximum Gasteiger partial charge on any atom is 0.303 e. The van der Waals surface area contributed by atoms with Gasteiger partial charge in [-0.25, -0.2) is 0 Å². The lowest BCUT2D eigenvalue weighted by atomic mass is 9.97. The van der Waals surface area contributed by atoms with Gasteiger partial charge in [0, 0.05) is 18.4 Å². The Labute approximate surface area is 137 Å². The summed E-state index contributed by atoms with van der Waals surface area (Å²) in [6.45, 7) is 8.74. The van der Waals surface area contributed by atoms with Crippen LogP contribution in [0.15, 0.2) is 0 Å². The van der Waals surface area contributed by atoms with Crippen LogP contribution in [-0.4, -0.2) is 52.1 Å². The van der Waals surface area contributed by atoms with Crippen molar-refractivity contribution >= 4 is 17.7 Å². The Hall–Kier alpha value is -1.47. The molecule has 1 amide bonds. The second kappa shape index (κ2) is 10.3. The van der Waals surface area contributed by atoms with E-state index in [4.69, 9.17) is 5.11 Å². The van der Waals surface area contributed by atoms with Gasteiger partial charge in [-0.15, -0.1) is 0 Å². The summed E-state index contributed by atoms with van der Waals surface area (Å²) in [5.41, 5.74) is 0. The number of hydrogen-bond acceptors (Lipinski definition) is 5. The standard InChI is InChI=1S/C16H30N2O5/c1-6-10(4)17-14(11(5)19)16(23)18-12(7-8-13(20)21)15(22)9(2)3/h9-12,14,17,19H,6-8H2,1-5H3,(H,18,23)(H,20,21)/t10?,11-,12+,14+/m1/s1. The lowest BCUT2D eigenvalue weighted by Gasteiger charge is -2.27. The molecule has 0 aliphatic carbocycles. The van der Waals surface area contributed by atoms with E-state index in [0.717, 1.165) is 6.42 Å². The third kappa shape index (κ3) is 8.08. The van der Waals surface area contributed by atoms with Crippen molar-refractivity contribution in [3.63, 3.8) is 0 Å². The molecule has 0 aromatic rings. The minimum atomic E-state index is -1.02. The molecule has 0 saturated heterocycles. The number of amides is 1. The summed E-state index contributed by atoms with van der Waals surface area (Å²) in [5.74, 6) is -2.05. The highest BCUT2D eigenvalue weighted by Gasteiger charge is 2.30. The van der Waals surface area contributed by atoms with E-state index in [9.17, 15) is 19.5 Å². The number of carboxylic acids is 1. The van der Waals surface area contributed by atoms with E-state index in [1.807, 2.05) is 13.8 Å². The molecule has 1 unspecified atom stereocenters. The zero-order chi connectivity index (χ0) is 18.2. The van der Waals surface area contributed by atoms with Gasteiger partial charge in [0.2, 0.25) is 5.91 Å². The van der Waals surface area contributed by atoms with E-state index in [0.29, 0.717) is 0 Å². The van der Waals surface area contributed by atoms with Crippen molar-refractivity contribution in [3.05, 3.63) is 0 Å². The number of Topliss-reactive ketones (excluding diaryl/α,β-unsaturated/α-hetero) is 1. The Kier molecular flexibility index (Phi) is 9.67. The summed E-state index contributed by atoms with van der Waals surface area (Å²) < 4.78 is 0. The van der Waals surface area contributed by atoms with Gasteiger partial charge in [-0.3, -0.25) is 14.4 Å². The van der Waals surface area contributed by atoms with Crippen LogP contribution in [0.25, 0.3) is 0 Å². The molecule has 0 spiro atoms. The van der Waals surface area contributed by atoms with Crippen molar-refractivity contribution in [2.45, 2.75) is 78.1 Å². The lowest BCUT2D eigenvalue weighted by molar-refractivity contribution is -0.138. The Morgan fingerprint density at radius 2 is 1.65 bits per heavy atom. The first kappa shape index (κ1) is 21.5. The van der Waals surface area contributed by atoms with Gasteiger partial charge < -0.3 is 20.8 Å². The van der Waals surface area contributed by atoms with Crippen LogP contribution in [-0.2, 0) is 14.4 Å². The van der Waals surface area contributed by atoms with Crippen molar-refractivity contribution in [2.75, 3.05) is 0 Å². The molecule has 0 heterocycles. The monoisotopic (exact) mass is 330 g/mol. The minimum absolute atomic E-state index is 0.0265. The highest BCUT2D eigenvalue weighted by Crippen LogP contribution is 2.08. The molecular formula is C16H30N2O5. The van der Waals surface area contributed by atoms with Gasteiger partial charge in [0.1, 0.15) is 6.04 Å². The first-order chi connectivity index (χ1) is 10.6. The van der Waals surface area contributed by atoms with Crippen LogP contribution in [0.2, 0.25) is 0 Å². The number of rotatable bonds is 11. The van der Waals surface area contributed by atoms with Gasteiger partial charge in [0.05, 0.1) is 12.1 Å². The molecule has 0 saturated carbocycles. The summed E-state index contributed by atoms with van der Waals surface area (Å²) in [6.07, 6.45) is -0.322. The van der Waals surface area contributed by atoms with E-state index < -0.39 is 30.1 Å². The Morgan fingerprint density at radius 3 is 2.04 bits per heavy atom. The number of hydrogen-bond donors (Lipinski definition) is 4. The van der Waals surface area contributed by atoms with E-state index >= 15 is 0 Å². The number of carbonyl (C=O) groups is 3. The number of carbonyl (C=O) groups excluding carboxylic acids is 2. The van der Waals surface area contributed by atoms with Gasteiger partial charge in [-0.05, 0) is 26.7 Å². The maximum atomic E-state index is 12.4. The first-order valence-corrected chi connectivity index (χ1v) is 8.10. The second-order valence-corrected chi connectivity index (χ2v) is 6.24. The zero-order valence-electron chi connectivity index (χ0n) is 14.6. The summed E-state index contributed by atoms with van der Waals surface area (Å²) in [6, 6.07) is -1.69. The predicted molar refractivity (Wildman–Crippen MR) is 87.0 cm³/mol. The van der Waals surface area contributed by atoms with Gasteiger partial charge >= 0.3 is 5.97 Å². The number of aliphatic carboxylic acids is 1. The van der Waals surface area contributed by atoms with Crippen LogP contribution in [0.3, 0.4) is 0 Å². The fraction of sp³-hybridized carbons (Fsp3) is 0.812. The fourth-order valence-electron chi connectivity index (χ4n) is 2.08. The quantitative estimate of drug-likeness (QED) is 0.443. The molecule has 0 aromatic carbocycles. The van der Waals surface area contributed by atoms with E-state index in [1.165, 1.54) is 6.92 Å². The van der Waals surface area contributed by atoms with Crippen LogP contribution in [0.4, 0.5) is 0 Å². The highest BCUT2D eigenvalue weighted by molar-refractivity contribution is 5.92. The average Bonchev–Trinajstić information content (AvgIpc) is 2.46. The Balaban J connectivity index is 5.01. The molecule has 0 bridgehead atoms. The van der Waals surface area contributed by atoms with Gasteiger partial charge in [0.25, 0.3) is 0 Å². The van der Waals surface area contributed by atoms with Crippen LogP contribution >= 0.6 is 0 Å². The maximum absolute atomic E-state index is 12.4. The Morgan fingerprint density at radius 1 is 1.09 bits per heavy atom. The average molecular weight is 330 g/mol. The molecular weight excluding hydrogens is 300 g/mol. The SMILES string of the molecule is CCC(C)N[C@H](C(=O)N[C@@H](CCC(=O)O)C(=O)C(C)C)[C@@H](C)O. The van der Waals surface area contributed by atoms with Gasteiger partial charge in [0.15, 0.2) is 5.78 Å². The molecule has 23 heavy (non-hydrogen) atoms. The molecule has 0 fully saturated rings. The number of carboxylic acid groups (broad SMARTS) is 1. The third-order valence-corrected chi connectivity index (χ3v) is 3.72. The largest absolute Gasteiger partial charge is 0.481 e. The summed E-state index contributed by atoms with van der Waals surface area (Å²) in [4.78, 5) is 35.3. The molecule has 0 radical (unpaired) electrons. The molecule has 134 valence electrons. The second-order valence-electron chi connectivity index (χ2n) is 6.24. The summed E-state index contributed by atoms with van der Waals surface area (Å²) in [7, 11) is 0. The molecule has 4 atom stereocenters. The number of aliphatic hydroxyl groups excluding tert-OH is 1. The third-order valence-electron chi connectivity index (χ3n) is 3.72. The van der Waals surface area contributed by atoms with Crippen molar-refractivity contribution in [1.82, 2.24) is 10.6 Å². The smallest absolute Gasteiger partial charge is 0.303 e. The fourth-order valence-corrected chi connectivity index (χ4v) is 2.08. The lowest BCUT2D eigenvalue weighted by Crippen LogP contribution is -2.56. The van der Waals surface area contributed by atoms with Crippen molar-refractivity contribution in [1.29, 1.82) is 0 Å². The first-order valence-electron chi connectivity index (χ1n) is 8.10. The van der Waals surface area contributed by atoms with Crippen molar-refractivity contribution in [2.24, 2.45) is 5.92 Å². The molecule has 0 aliphatic rings. The zero-order valence-corrected chi connectivity index (χ0v) is 14.6. The Bertz CT molecular complexity index is 409. The number of nitrogens with one attached hydrogen (secondary N) is 2.